The number of benzene rings is 1. The molecule has 0 saturated carbocycles. The van der Waals surface area contributed by atoms with Crippen LogP contribution in [0.1, 0.15) is 24.1 Å². The van der Waals surface area contributed by atoms with Gasteiger partial charge in [-0.15, -0.1) is 0 Å². The van der Waals surface area contributed by atoms with Crippen LogP contribution < -0.4 is 5.32 Å². The van der Waals surface area contributed by atoms with Crippen molar-refractivity contribution in [2.24, 2.45) is 0 Å². The molecule has 1 heterocycles. The molecular formula is C14H14Cl2FNO. The van der Waals surface area contributed by atoms with Crippen LogP contribution in [-0.4, -0.2) is 6.54 Å². The second kappa shape index (κ2) is 6.42. The molecule has 0 spiro atoms. The van der Waals surface area contributed by atoms with Gasteiger partial charge in [-0.1, -0.05) is 18.5 Å². The Kier molecular flexibility index (Phi) is 4.86. The quantitative estimate of drug-likeness (QED) is 0.872. The van der Waals surface area contributed by atoms with E-state index < -0.39 is 0 Å². The number of rotatable bonds is 5. The Labute approximate surface area is 121 Å². The van der Waals surface area contributed by atoms with Gasteiger partial charge in [0.05, 0.1) is 6.26 Å². The normalized spacial score (nSPS) is 12.6. The molecule has 0 radical (unpaired) electrons. The summed E-state index contributed by atoms with van der Waals surface area (Å²) >= 11 is 11.9. The predicted octanol–water partition coefficient (Wildman–Crippen LogP) is 4.62. The van der Waals surface area contributed by atoms with Crippen LogP contribution in [0.3, 0.4) is 0 Å². The second-order valence-corrected chi connectivity index (χ2v) is 4.98. The minimum Gasteiger partial charge on any atom is -0.453 e. The lowest BCUT2D eigenvalue weighted by molar-refractivity contribution is 0.513. The first-order valence-corrected chi connectivity index (χ1v) is 6.77. The lowest BCUT2D eigenvalue weighted by atomic mass is 10.0. The van der Waals surface area contributed by atoms with Gasteiger partial charge in [-0.3, -0.25) is 0 Å². The van der Waals surface area contributed by atoms with Crippen molar-refractivity contribution in [2.75, 3.05) is 6.54 Å². The van der Waals surface area contributed by atoms with Crippen LogP contribution in [0.2, 0.25) is 10.2 Å². The van der Waals surface area contributed by atoms with Crippen molar-refractivity contribution < 1.29 is 8.81 Å². The van der Waals surface area contributed by atoms with Crippen LogP contribution in [0.25, 0.3) is 0 Å². The van der Waals surface area contributed by atoms with Crippen LogP contribution in [0.4, 0.5) is 4.39 Å². The molecule has 19 heavy (non-hydrogen) atoms. The highest BCUT2D eigenvalue weighted by Crippen LogP contribution is 2.28. The Hall–Kier alpha value is -1.03. The van der Waals surface area contributed by atoms with Gasteiger partial charge in [0.15, 0.2) is 5.22 Å². The van der Waals surface area contributed by atoms with E-state index in [1.807, 2.05) is 6.92 Å². The molecule has 0 aliphatic rings. The molecule has 2 aromatic rings. The maximum absolute atomic E-state index is 13.8. The molecule has 0 amide bonds. The summed E-state index contributed by atoms with van der Waals surface area (Å²) in [5.74, 6) is -0.271. The highest BCUT2D eigenvalue weighted by Gasteiger charge is 2.18. The smallest absolute Gasteiger partial charge is 0.197 e. The minimum absolute atomic E-state index is 0.107. The molecule has 0 fully saturated rings. The van der Waals surface area contributed by atoms with Gasteiger partial charge in [-0.2, -0.15) is 0 Å². The molecular weight excluding hydrogens is 288 g/mol. The van der Waals surface area contributed by atoms with E-state index in [9.17, 15) is 4.39 Å². The van der Waals surface area contributed by atoms with Crippen molar-refractivity contribution >= 4 is 23.2 Å². The van der Waals surface area contributed by atoms with Crippen LogP contribution >= 0.6 is 23.2 Å². The van der Waals surface area contributed by atoms with Crippen molar-refractivity contribution in [3.8, 4) is 0 Å². The van der Waals surface area contributed by atoms with Crippen LogP contribution in [-0.2, 0) is 6.42 Å². The first-order chi connectivity index (χ1) is 9.11. The number of nitrogens with one attached hydrogen (secondary N) is 1. The summed E-state index contributed by atoms with van der Waals surface area (Å²) in [4.78, 5) is 0. The fraction of sp³-hybridized carbons (Fsp3) is 0.286. The molecule has 102 valence electrons. The van der Waals surface area contributed by atoms with E-state index in [4.69, 9.17) is 27.6 Å². The monoisotopic (exact) mass is 301 g/mol. The number of halogens is 3. The summed E-state index contributed by atoms with van der Waals surface area (Å²) < 4.78 is 18.9. The van der Waals surface area contributed by atoms with Gasteiger partial charge in [0.1, 0.15) is 5.82 Å². The van der Waals surface area contributed by atoms with E-state index in [2.05, 4.69) is 5.32 Å². The van der Waals surface area contributed by atoms with Gasteiger partial charge >= 0.3 is 0 Å². The van der Waals surface area contributed by atoms with Crippen LogP contribution in [0, 0.1) is 5.82 Å². The van der Waals surface area contributed by atoms with E-state index in [1.165, 1.54) is 18.4 Å². The maximum atomic E-state index is 13.8. The van der Waals surface area contributed by atoms with Crippen molar-refractivity contribution in [1.29, 1.82) is 0 Å². The number of furan rings is 1. The molecule has 5 heteroatoms. The highest BCUT2D eigenvalue weighted by molar-refractivity contribution is 6.30. The van der Waals surface area contributed by atoms with Gasteiger partial charge in [-0.25, -0.2) is 4.39 Å². The Bertz CT molecular complexity index is 556. The zero-order valence-corrected chi connectivity index (χ0v) is 11.9. The van der Waals surface area contributed by atoms with E-state index in [0.29, 0.717) is 22.2 Å². The molecule has 0 saturated heterocycles. The largest absolute Gasteiger partial charge is 0.453 e. The highest BCUT2D eigenvalue weighted by atomic mass is 35.5. The SMILES string of the molecule is CCNC(Cc1cc(Cl)ccc1F)c1ccoc1Cl. The number of hydrogen-bond donors (Lipinski definition) is 1. The van der Waals surface area contributed by atoms with E-state index in [0.717, 1.165) is 12.1 Å². The number of likely N-dealkylation sites (N-methyl/N-ethyl adjacent to an activating group) is 1. The molecule has 0 aliphatic heterocycles. The molecule has 1 N–H and O–H groups in total. The summed E-state index contributed by atoms with van der Waals surface area (Å²) in [5.41, 5.74) is 1.37. The van der Waals surface area contributed by atoms with E-state index in [1.54, 1.807) is 12.1 Å². The first kappa shape index (κ1) is 14.4. The lowest BCUT2D eigenvalue weighted by Crippen LogP contribution is -2.23. The molecule has 2 nitrogen and oxygen atoms in total. The average molecular weight is 302 g/mol. The van der Waals surface area contributed by atoms with Gasteiger partial charge in [0.2, 0.25) is 0 Å². The predicted molar refractivity (Wildman–Crippen MR) is 75.2 cm³/mol. The summed E-state index contributed by atoms with van der Waals surface area (Å²) in [6.07, 6.45) is 1.98. The minimum atomic E-state index is -0.271. The third kappa shape index (κ3) is 3.50. The van der Waals surface area contributed by atoms with Crippen LogP contribution in [0.5, 0.6) is 0 Å². The molecule has 0 bridgehead atoms. The molecule has 0 aliphatic carbocycles. The fourth-order valence-electron chi connectivity index (χ4n) is 2.01. The molecule has 2 rings (SSSR count). The van der Waals surface area contributed by atoms with E-state index in [-0.39, 0.29) is 11.9 Å². The Morgan fingerprint density at radius 2 is 2.11 bits per heavy atom. The zero-order chi connectivity index (χ0) is 13.8. The van der Waals surface area contributed by atoms with E-state index >= 15 is 0 Å². The maximum Gasteiger partial charge on any atom is 0.197 e. The van der Waals surface area contributed by atoms with Crippen molar-refractivity contribution in [1.82, 2.24) is 5.32 Å². The second-order valence-electron chi connectivity index (χ2n) is 4.20. The third-order valence-corrected chi connectivity index (χ3v) is 3.45. The molecule has 1 unspecified atom stereocenters. The van der Waals surface area contributed by atoms with Crippen molar-refractivity contribution in [3.05, 3.63) is 57.7 Å². The first-order valence-electron chi connectivity index (χ1n) is 6.02. The standard InChI is InChI=1S/C14H14Cl2FNO/c1-2-18-13(11-5-6-19-14(11)16)8-9-7-10(15)3-4-12(9)17/h3-7,13,18H,2,8H2,1H3. The molecule has 1 aromatic heterocycles. The lowest BCUT2D eigenvalue weighted by Gasteiger charge is -2.17. The summed E-state index contributed by atoms with van der Waals surface area (Å²) in [7, 11) is 0. The van der Waals surface area contributed by atoms with Crippen molar-refractivity contribution in [2.45, 2.75) is 19.4 Å². The summed E-state index contributed by atoms with van der Waals surface area (Å²) in [6.45, 7) is 2.73. The topological polar surface area (TPSA) is 25.2 Å². The number of hydrogen-bond acceptors (Lipinski definition) is 2. The Balaban J connectivity index is 2.26. The Morgan fingerprint density at radius 3 is 2.74 bits per heavy atom. The van der Waals surface area contributed by atoms with Gasteiger partial charge < -0.3 is 9.73 Å². The summed E-state index contributed by atoms with van der Waals surface area (Å²) in [6, 6.07) is 6.22. The van der Waals surface area contributed by atoms with Gasteiger partial charge in [0.25, 0.3) is 0 Å². The Morgan fingerprint density at radius 1 is 1.32 bits per heavy atom. The zero-order valence-electron chi connectivity index (χ0n) is 10.4. The van der Waals surface area contributed by atoms with Gasteiger partial charge in [-0.05, 0) is 54.4 Å². The average Bonchev–Trinajstić information content (AvgIpc) is 2.79. The third-order valence-electron chi connectivity index (χ3n) is 2.90. The van der Waals surface area contributed by atoms with Crippen LogP contribution in [0.15, 0.2) is 34.9 Å². The molecule has 1 atom stereocenters. The fourth-order valence-corrected chi connectivity index (χ4v) is 2.45. The van der Waals surface area contributed by atoms with Gasteiger partial charge in [0, 0.05) is 16.6 Å². The summed E-state index contributed by atoms with van der Waals surface area (Å²) in [5, 5.41) is 4.11. The molecule has 1 aromatic carbocycles. The van der Waals surface area contributed by atoms with Crippen molar-refractivity contribution in [3.63, 3.8) is 0 Å².